The van der Waals surface area contributed by atoms with Crippen LogP contribution < -0.4 is 0 Å². The quantitative estimate of drug-likeness (QED) is 0.654. The third kappa shape index (κ3) is 6.77. The molecule has 1 atom stereocenters. The molecule has 0 bridgehead atoms. The summed E-state index contributed by atoms with van der Waals surface area (Å²) >= 11 is 0. The van der Waals surface area contributed by atoms with Gasteiger partial charge >= 0.3 is 0 Å². The predicted molar refractivity (Wildman–Crippen MR) is 76.7 cm³/mol. The van der Waals surface area contributed by atoms with Crippen molar-refractivity contribution in [2.45, 2.75) is 45.6 Å². The molecule has 1 aliphatic heterocycles. The molecule has 2 heteroatoms. The van der Waals surface area contributed by atoms with E-state index in [0.29, 0.717) is 0 Å². The Bertz CT molecular complexity index is 313. The Morgan fingerprint density at radius 2 is 2.00 bits per heavy atom. The lowest BCUT2D eigenvalue weighted by atomic mass is 10.1. The lowest BCUT2D eigenvalue weighted by Gasteiger charge is -2.10. The first-order valence-electron chi connectivity index (χ1n) is 6.81. The van der Waals surface area contributed by atoms with Gasteiger partial charge in [0, 0.05) is 7.11 Å². The topological polar surface area (TPSA) is 18.5 Å². The van der Waals surface area contributed by atoms with Crippen LogP contribution in [0, 0.1) is 0 Å². The van der Waals surface area contributed by atoms with Crippen LogP contribution in [0.2, 0.25) is 0 Å². The largest absolute Gasteiger partial charge is 0.377 e. The maximum Gasteiger partial charge on any atom is 0.0755 e. The second-order valence-electron chi connectivity index (χ2n) is 4.93. The summed E-state index contributed by atoms with van der Waals surface area (Å²) in [6.45, 7) is 5.75. The van der Waals surface area contributed by atoms with E-state index in [-0.39, 0.29) is 6.10 Å². The van der Waals surface area contributed by atoms with Gasteiger partial charge in [-0.2, -0.15) is 0 Å². The van der Waals surface area contributed by atoms with Gasteiger partial charge in [-0.15, -0.1) is 0 Å². The highest BCUT2D eigenvalue weighted by atomic mass is 16.5. The average Bonchev–Trinajstić information content (AvgIpc) is 2.36. The lowest BCUT2D eigenvalue weighted by Crippen LogP contribution is -2.06. The molecule has 0 radical (unpaired) electrons. The van der Waals surface area contributed by atoms with Crippen molar-refractivity contribution in [3.63, 3.8) is 0 Å². The molecule has 1 heterocycles. The van der Waals surface area contributed by atoms with Crippen molar-refractivity contribution in [3.8, 4) is 0 Å². The van der Waals surface area contributed by atoms with Crippen LogP contribution in [-0.2, 0) is 9.47 Å². The Kier molecular flexibility index (Phi) is 7.70. The van der Waals surface area contributed by atoms with Gasteiger partial charge in [0.25, 0.3) is 0 Å². The second kappa shape index (κ2) is 9.12. The zero-order valence-electron chi connectivity index (χ0n) is 11.9. The number of rotatable bonds is 1. The monoisotopic (exact) mass is 250 g/mol. The molecule has 1 aliphatic rings. The van der Waals surface area contributed by atoms with Gasteiger partial charge in [-0.1, -0.05) is 35.5 Å². The molecule has 0 amide bonds. The van der Waals surface area contributed by atoms with Crippen LogP contribution in [0.1, 0.15) is 39.5 Å². The van der Waals surface area contributed by atoms with Crippen LogP contribution >= 0.6 is 0 Å². The fourth-order valence-electron chi connectivity index (χ4n) is 1.93. The Morgan fingerprint density at radius 3 is 2.78 bits per heavy atom. The number of hydrogen-bond donors (Lipinski definition) is 0. The summed E-state index contributed by atoms with van der Waals surface area (Å²) in [6, 6.07) is 0. The van der Waals surface area contributed by atoms with Crippen molar-refractivity contribution in [2.75, 3.05) is 20.3 Å². The van der Waals surface area contributed by atoms with Gasteiger partial charge in [-0.25, -0.2) is 0 Å². The maximum absolute atomic E-state index is 5.62. The molecule has 18 heavy (non-hydrogen) atoms. The highest BCUT2D eigenvalue weighted by Crippen LogP contribution is 2.10. The molecular weight excluding hydrogens is 224 g/mol. The average molecular weight is 250 g/mol. The molecule has 0 spiro atoms. The van der Waals surface area contributed by atoms with Crippen molar-refractivity contribution in [2.24, 2.45) is 0 Å². The van der Waals surface area contributed by atoms with E-state index in [1.807, 2.05) is 0 Å². The third-order valence-corrected chi connectivity index (χ3v) is 3.18. The van der Waals surface area contributed by atoms with Crippen molar-refractivity contribution in [3.05, 3.63) is 35.5 Å². The zero-order valence-corrected chi connectivity index (χ0v) is 11.9. The lowest BCUT2D eigenvalue weighted by molar-refractivity contribution is 0.134. The maximum atomic E-state index is 5.62. The van der Waals surface area contributed by atoms with E-state index in [0.717, 1.165) is 38.9 Å². The van der Waals surface area contributed by atoms with E-state index >= 15 is 0 Å². The van der Waals surface area contributed by atoms with Gasteiger partial charge in [0.1, 0.15) is 0 Å². The first-order valence-corrected chi connectivity index (χ1v) is 6.81. The van der Waals surface area contributed by atoms with E-state index in [4.69, 9.17) is 9.47 Å². The highest BCUT2D eigenvalue weighted by molar-refractivity contribution is 5.03. The van der Waals surface area contributed by atoms with Gasteiger partial charge in [0.05, 0.1) is 19.3 Å². The summed E-state index contributed by atoms with van der Waals surface area (Å²) in [5, 5.41) is 0. The summed E-state index contributed by atoms with van der Waals surface area (Å²) < 4.78 is 11.1. The first kappa shape index (κ1) is 15.2. The fraction of sp³-hybridized carbons (Fsp3) is 0.625. The van der Waals surface area contributed by atoms with E-state index in [2.05, 4.69) is 38.2 Å². The van der Waals surface area contributed by atoms with Crippen LogP contribution in [-0.4, -0.2) is 26.4 Å². The Labute approximate surface area is 111 Å². The predicted octanol–water partition coefficient (Wildman–Crippen LogP) is 4.04. The summed E-state index contributed by atoms with van der Waals surface area (Å²) in [4.78, 5) is 0. The standard InChI is InChI=1S/C16H26O2/c1-14-7-4-5-9-16(17-3)10-6-8-15(2)13-18-12-11-14/h5,8-9,11,16H,4,6-7,10,12-13H2,1-3H3/b9-5+,14-11+,15-8-. The third-order valence-electron chi connectivity index (χ3n) is 3.18. The Morgan fingerprint density at radius 1 is 1.17 bits per heavy atom. The molecule has 0 saturated carbocycles. The second-order valence-corrected chi connectivity index (χ2v) is 4.93. The van der Waals surface area contributed by atoms with Crippen LogP contribution in [0.25, 0.3) is 0 Å². The van der Waals surface area contributed by atoms with Gasteiger partial charge in [-0.05, 0) is 39.5 Å². The van der Waals surface area contributed by atoms with Crippen molar-refractivity contribution >= 4 is 0 Å². The summed E-state index contributed by atoms with van der Waals surface area (Å²) in [7, 11) is 1.78. The van der Waals surface area contributed by atoms with E-state index in [1.165, 1.54) is 11.1 Å². The highest BCUT2D eigenvalue weighted by Gasteiger charge is 2.01. The molecule has 2 nitrogen and oxygen atoms in total. The van der Waals surface area contributed by atoms with Crippen LogP contribution in [0.3, 0.4) is 0 Å². The molecule has 0 aromatic carbocycles. The molecule has 102 valence electrons. The number of ether oxygens (including phenoxy) is 2. The normalized spacial score (nSPS) is 31.6. The van der Waals surface area contributed by atoms with Gasteiger partial charge in [0.2, 0.25) is 0 Å². The zero-order chi connectivity index (χ0) is 13.2. The van der Waals surface area contributed by atoms with Crippen molar-refractivity contribution in [1.82, 2.24) is 0 Å². The molecule has 0 saturated heterocycles. The van der Waals surface area contributed by atoms with Crippen molar-refractivity contribution < 1.29 is 9.47 Å². The number of methoxy groups -OCH3 is 1. The number of allylic oxidation sites excluding steroid dienone is 3. The minimum Gasteiger partial charge on any atom is -0.377 e. The molecule has 0 aromatic heterocycles. The first-order chi connectivity index (χ1) is 8.72. The summed E-state index contributed by atoms with van der Waals surface area (Å²) in [5.74, 6) is 0. The molecule has 1 unspecified atom stereocenters. The van der Waals surface area contributed by atoms with Crippen LogP contribution in [0.5, 0.6) is 0 Å². The SMILES string of the molecule is COC1/C=C/CC/C(C)=C/COC/C(C)=C\CC1. The van der Waals surface area contributed by atoms with Crippen LogP contribution in [0.15, 0.2) is 35.5 Å². The Balaban J connectivity index is 2.59. The number of hydrogen-bond acceptors (Lipinski definition) is 2. The van der Waals surface area contributed by atoms with E-state index in [9.17, 15) is 0 Å². The molecular formula is C16H26O2. The summed E-state index contributed by atoms with van der Waals surface area (Å²) in [6.07, 6.45) is 13.4. The van der Waals surface area contributed by atoms with Gasteiger partial charge in [-0.3, -0.25) is 0 Å². The van der Waals surface area contributed by atoms with Crippen molar-refractivity contribution in [1.29, 1.82) is 0 Å². The van der Waals surface area contributed by atoms with Gasteiger partial charge in [0.15, 0.2) is 0 Å². The smallest absolute Gasteiger partial charge is 0.0755 e. The molecule has 1 rings (SSSR count). The summed E-state index contributed by atoms with van der Waals surface area (Å²) in [5.41, 5.74) is 2.70. The Hall–Kier alpha value is -0.860. The van der Waals surface area contributed by atoms with Gasteiger partial charge < -0.3 is 9.47 Å². The molecule has 0 fully saturated rings. The minimum absolute atomic E-state index is 0.238. The molecule has 0 aromatic rings. The van der Waals surface area contributed by atoms with Crippen LogP contribution in [0.4, 0.5) is 0 Å². The molecule has 0 aliphatic carbocycles. The van der Waals surface area contributed by atoms with E-state index < -0.39 is 0 Å². The fourth-order valence-corrected chi connectivity index (χ4v) is 1.93. The minimum atomic E-state index is 0.238. The molecule has 0 N–H and O–H groups in total. The van der Waals surface area contributed by atoms with E-state index in [1.54, 1.807) is 7.11 Å².